The van der Waals surface area contributed by atoms with Gasteiger partial charge in [-0.25, -0.2) is 0 Å². The summed E-state index contributed by atoms with van der Waals surface area (Å²) in [5, 5.41) is 3.36. The average molecular weight is 127 g/mol. The predicted molar refractivity (Wildman–Crippen MR) is 40.4 cm³/mol. The highest BCUT2D eigenvalue weighted by molar-refractivity contribution is 5.05. The minimum absolute atomic E-state index is 0.750. The minimum atomic E-state index is 0.750. The highest BCUT2D eigenvalue weighted by Crippen LogP contribution is 2.54. The van der Waals surface area contributed by atoms with E-state index in [2.05, 4.69) is 12.2 Å². The van der Waals surface area contributed by atoms with Crippen LogP contribution in [0.15, 0.2) is 0 Å². The second-order valence-electron chi connectivity index (χ2n) is 3.19. The van der Waals surface area contributed by atoms with E-state index in [0.717, 1.165) is 11.3 Å². The van der Waals surface area contributed by atoms with Gasteiger partial charge in [0.1, 0.15) is 0 Å². The first-order chi connectivity index (χ1) is 4.31. The minimum Gasteiger partial charge on any atom is -0.316 e. The monoisotopic (exact) mass is 127 g/mol. The number of nitrogens with one attached hydrogen (secondary N) is 1. The molecule has 0 spiro atoms. The van der Waals surface area contributed by atoms with Crippen LogP contribution in [0.1, 0.15) is 27.2 Å². The van der Waals surface area contributed by atoms with Crippen molar-refractivity contribution in [2.75, 3.05) is 13.1 Å². The van der Waals surface area contributed by atoms with E-state index in [1.807, 2.05) is 13.8 Å². The molecule has 1 heterocycles. The van der Waals surface area contributed by atoms with Gasteiger partial charge in [-0.15, -0.1) is 0 Å². The quantitative estimate of drug-likeness (QED) is 0.521. The van der Waals surface area contributed by atoms with Gasteiger partial charge in [-0.3, -0.25) is 0 Å². The molecule has 0 aromatic rings. The van der Waals surface area contributed by atoms with Crippen LogP contribution in [0.2, 0.25) is 0 Å². The molecule has 2 aliphatic rings. The van der Waals surface area contributed by atoms with Crippen molar-refractivity contribution in [2.45, 2.75) is 27.2 Å². The Morgan fingerprint density at radius 1 is 1.44 bits per heavy atom. The molecule has 1 aliphatic carbocycles. The SMILES string of the molecule is CC.CC12CNCC1C2. The van der Waals surface area contributed by atoms with E-state index in [0.29, 0.717) is 0 Å². The Morgan fingerprint density at radius 3 is 2.22 bits per heavy atom. The number of piperidine rings is 1. The molecule has 1 N–H and O–H groups in total. The molecule has 2 rings (SSSR count). The highest BCUT2D eigenvalue weighted by Gasteiger charge is 2.52. The van der Waals surface area contributed by atoms with Gasteiger partial charge in [0.05, 0.1) is 0 Å². The summed E-state index contributed by atoms with van der Waals surface area (Å²) in [6, 6.07) is 0. The first kappa shape index (κ1) is 7.07. The zero-order valence-corrected chi connectivity index (χ0v) is 6.70. The third-order valence-corrected chi connectivity index (χ3v) is 2.46. The average Bonchev–Trinajstić information content (AvgIpc) is 2.38. The topological polar surface area (TPSA) is 12.0 Å². The molecule has 1 heteroatoms. The Hall–Kier alpha value is -0.0400. The molecule has 0 bridgehead atoms. The molecule has 0 aromatic carbocycles. The summed E-state index contributed by atoms with van der Waals surface area (Å²) in [4.78, 5) is 0. The van der Waals surface area contributed by atoms with E-state index in [-0.39, 0.29) is 0 Å². The lowest BCUT2D eigenvalue weighted by Gasteiger charge is -1.97. The van der Waals surface area contributed by atoms with Crippen molar-refractivity contribution in [1.82, 2.24) is 5.32 Å². The second-order valence-corrected chi connectivity index (χ2v) is 3.19. The Labute approximate surface area is 57.8 Å². The van der Waals surface area contributed by atoms with Crippen LogP contribution in [0.3, 0.4) is 0 Å². The summed E-state index contributed by atoms with van der Waals surface area (Å²) in [7, 11) is 0. The maximum atomic E-state index is 3.36. The van der Waals surface area contributed by atoms with Gasteiger partial charge in [-0.1, -0.05) is 20.8 Å². The third-order valence-electron chi connectivity index (χ3n) is 2.46. The standard InChI is InChI=1S/C6H11N.C2H6/c1-6-2-5(6)3-7-4-6;1-2/h5,7H,2-4H2,1H3;1-2H3. The van der Waals surface area contributed by atoms with Gasteiger partial charge in [0.2, 0.25) is 0 Å². The van der Waals surface area contributed by atoms with Crippen molar-refractivity contribution in [3.8, 4) is 0 Å². The maximum Gasteiger partial charge on any atom is 0.000853 e. The lowest BCUT2D eigenvalue weighted by Crippen LogP contribution is -2.13. The van der Waals surface area contributed by atoms with E-state index in [9.17, 15) is 0 Å². The fraction of sp³-hybridized carbons (Fsp3) is 1.00. The van der Waals surface area contributed by atoms with Gasteiger partial charge in [-0.05, 0) is 24.3 Å². The van der Waals surface area contributed by atoms with E-state index < -0.39 is 0 Å². The second kappa shape index (κ2) is 2.30. The summed E-state index contributed by atoms with van der Waals surface area (Å²) in [6.07, 6.45) is 1.49. The predicted octanol–water partition coefficient (Wildman–Crippen LogP) is 1.64. The Balaban J connectivity index is 0.000000186. The molecule has 0 radical (unpaired) electrons. The van der Waals surface area contributed by atoms with Crippen LogP contribution in [0.25, 0.3) is 0 Å². The summed E-state index contributed by atoms with van der Waals surface area (Å²) in [5.74, 6) is 1.05. The van der Waals surface area contributed by atoms with Crippen LogP contribution in [0.4, 0.5) is 0 Å². The summed E-state index contributed by atoms with van der Waals surface area (Å²) in [5.41, 5.74) is 0.750. The molecule has 0 aromatic heterocycles. The van der Waals surface area contributed by atoms with E-state index in [1.54, 1.807) is 0 Å². The van der Waals surface area contributed by atoms with Crippen LogP contribution in [-0.2, 0) is 0 Å². The molecular weight excluding hydrogens is 110 g/mol. The molecule has 0 amide bonds. The van der Waals surface area contributed by atoms with Crippen LogP contribution in [0.5, 0.6) is 0 Å². The van der Waals surface area contributed by atoms with Crippen LogP contribution >= 0.6 is 0 Å². The molecule has 9 heavy (non-hydrogen) atoms. The lowest BCUT2D eigenvalue weighted by molar-refractivity contribution is 0.576. The number of rotatable bonds is 0. The van der Waals surface area contributed by atoms with Crippen molar-refractivity contribution in [3.63, 3.8) is 0 Å². The van der Waals surface area contributed by atoms with Crippen molar-refractivity contribution in [2.24, 2.45) is 11.3 Å². The molecule has 1 nitrogen and oxygen atoms in total. The lowest BCUT2D eigenvalue weighted by atomic mass is 10.1. The molecular formula is C8H17N. The van der Waals surface area contributed by atoms with Gasteiger partial charge in [0, 0.05) is 6.54 Å². The first-order valence-electron chi connectivity index (χ1n) is 4.02. The van der Waals surface area contributed by atoms with E-state index >= 15 is 0 Å². The summed E-state index contributed by atoms with van der Waals surface area (Å²) >= 11 is 0. The molecule has 2 atom stereocenters. The van der Waals surface area contributed by atoms with E-state index in [1.165, 1.54) is 19.5 Å². The normalized spacial score (nSPS) is 45.0. The zero-order chi connectivity index (χ0) is 6.91. The fourth-order valence-corrected chi connectivity index (χ4v) is 1.57. The number of fused-ring (bicyclic) bond motifs is 1. The Bertz CT molecular complexity index is 98.7. The number of hydrogen-bond acceptors (Lipinski definition) is 1. The van der Waals surface area contributed by atoms with Crippen LogP contribution in [-0.4, -0.2) is 13.1 Å². The molecule has 1 aliphatic heterocycles. The maximum absolute atomic E-state index is 3.36. The third kappa shape index (κ3) is 1.11. The first-order valence-corrected chi connectivity index (χ1v) is 4.02. The Morgan fingerprint density at radius 2 is 2.11 bits per heavy atom. The molecule has 2 fully saturated rings. The largest absolute Gasteiger partial charge is 0.316 e. The van der Waals surface area contributed by atoms with Crippen LogP contribution in [0, 0.1) is 11.3 Å². The molecule has 2 unspecified atom stereocenters. The van der Waals surface area contributed by atoms with Crippen molar-refractivity contribution < 1.29 is 0 Å². The van der Waals surface area contributed by atoms with Gasteiger partial charge in [-0.2, -0.15) is 0 Å². The summed E-state index contributed by atoms with van der Waals surface area (Å²) in [6.45, 7) is 8.94. The van der Waals surface area contributed by atoms with Crippen molar-refractivity contribution in [1.29, 1.82) is 0 Å². The molecule has 1 saturated heterocycles. The van der Waals surface area contributed by atoms with Gasteiger partial charge in [0.25, 0.3) is 0 Å². The Kier molecular flexibility index (Phi) is 1.80. The summed E-state index contributed by atoms with van der Waals surface area (Å²) < 4.78 is 0. The van der Waals surface area contributed by atoms with Gasteiger partial charge < -0.3 is 5.32 Å². The van der Waals surface area contributed by atoms with Crippen LogP contribution < -0.4 is 5.32 Å². The van der Waals surface area contributed by atoms with Gasteiger partial charge in [0.15, 0.2) is 0 Å². The van der Waals surface area contributed by atoms with E-state index in [4.69, 9.17) is 0 Å². The number of hydrogen-bond donors (Lipinski definition) is 1. The molecule has 1 saturated carbocycles. The molecule has 54 valence electrons. The highest BCUT2D eigenvalue weighted by atomic mass is 15.0. The van der Waals surface area contributed by atoms with Crippen molar-refractivity contribution in [3.05, 3.63) is 0 Å². The fourth-order valence-electron chi connectivity index (χ4n) is 1.57. The zero-order valence-electron chi connectivity index (χ0n) is 6.70. The van der Waals surface area contributed by atoms with Gasteiger partial charge >= 0.3 is 0 Å². The van der Waals surface area contributed by atoms with Crippen molar-refractivity contribution >= 4 is 0 Å². The smallest absolute Gasteiger partial charge is 0.000853 e.